The summed E-state index contributed by atoms with van der Waals surface area (Å²) in [6.45, 7) is 6.26. The lowest BCUT2D eigenvalue weighted by molar-refractivity contribution is 0.0953. The van der Waals surface area contributed by atoms with Crippen LogP contribution < -0.4 is 14.8 Å². The fourth-order valence-electron chi connectivity index (χ4n) is 3.98. The molecule has 2 aliphatic heterocycles. The van der Waals surface area contributed by atoms with Gasteiger partial charge in [0, 0.05) is 5.56 Å². The van der Waals surface area contributed by atoms with E-state index in [9.17, 15) is 4.79 Å². The Hall–Kier alpha value is -3.28. The number of ether oxygens (including phenoxy) is 2. The summed E-state index contributed by atoms with van der Waals surface area (Å²) >= 11 is 0. The highest BCUT2D eigenvalue weighted by Crippen LogP contribution is 2.39. The Labute approximate surface area is 156 Å². The second-order valence-corrected chi connectivity index (χ2v) is 7.12. The number of aromatic nitrogens is 2. The number of nitrogens with one attached hydrogen (secondary N) is 1. The molecule has 1 N–H and O–H groups in total. The monoisotopic (exact) mass is 361 g/mol. The van der Waals surface area contributed by atoms with Gasteiger partial charge >= 0.3 is 0 Å². The summed E-state index contributed by atoms with van der Waals surface area (Å²) < 4.78 is 12.6. The first-order valence-electron chi connectivity index (χ1n) is 8.90. The third kappa shape index (κ3) is 2.40. The number of amides is 1. The molecule has 2 aliphatic rings. The van der Waals surface area contributed by atoms with Crippen molar-refractivity contribution in [3.8, 4) is 17.2 Å². The summed E-state index contributed by atoms with van der Waals surface area (Å²) in [7, 11) is 0. The highest BCUT2D eigenvalue weighted by atomic mass is 16.7. The number of fused-ring (bicyclic) bond motifs is 2. The largest absolute Gasteiger partial charge is 0.454 e. The molecule has 1 atom stereocenters. The molecule has 5 rings (SSSR count). The average molecular weight is 361 g/mol. The number of hydrogen-bond donors (Lipinski definition) is 1. The zero-order valence-electron chi connectivity index (χ0n) is 15.4. The maximum Gasteiger partial charge on any atom is 0.271 e. The molecule has 6 nitrogen and oxygen atoms in total. The molecule has 2 aromatic carbocycles. The van der Waals surface area contributed by atoms with Crippen LogP contribution in [0.25, 0.3) is 5.69 Å². The van der Waals surface area contributed by atoms with Gasteiger partial charge in [-0.25, -0.2) is 4.68 Å². The van der Waals surface area contributed by atoms with Gasteiger partial charge in [-0.15, -0.1) is 0 Å². The number of aryl methyl sites for hydroxylation is 3. The number of carbonyl (C=O) groups is 1. The molecule has 0 saturated carbocycles. The lowest BCUT2D eigenvalue weighted by atomic mass is 9.99. The maximum absolute atomic E-state index is 12.8. The van der Waals surface area contributed by atoms with Crippen LogP contribution in [0.4, 0.5) is 0 Å². The minimum atomic E-state index is -0.248. The van der Waals surface area contributed by atoms with Crippen molar-refractivity contribution in [2.24, 2.45) is 0 Å². The molecule has 27 heavy (non-hydrogen) atoms. The first kappa shape index (κ1) is 15.9. The number of hydrogen-bond acceptors (Lipinski definition) is 4. The minimum Gasteiger partial charge on any atom is -0.454 e. The van der Waals surface area contributed by atoms with E-state index in [2.05, 4.69) is 16.5 Å². The molecule has 0 spiro atoms. The molecule has 0 aliphatic carbocycles. The first-order valence-corrected chi connectivity index (χ1v) is 8.90. The van der Waals surface area contributed by atoms with Gasteiger partial charge in [0.2, 0.25) is 6.79 Å². The highest BCUT2D eigenvalue weighted by Gasteiger charge is 2.37. The van der Waals surface area contributed by atoms with Gasteiger partial charge in [0.25, 0.3) is 5.91 Å². The van der Waals surface area contributed by atoms with Gasteiger partial charge in [-0.2, -0.15) is 5.10 Å². The fraction of sp³-hybridized carbons (Fsp3) is 0.238. The van der Waals surface area contributed by atoms with E-state index < -0.39 is 0 Å². The van der Waals surface area contributed by atoms with Gasteiger partial charge in [0.05, 0.1) is 17.4 Å². The van der Waals surface area contributed by atoms with E-state index in [1.165, 1.54) is 0 Å². The topological polar surface area (TPSA) is 65.4 Å². The van der Waals surface area contributed by atoms with Crippen molar-refractivity contribution in [3.05, 3.63) is 70.0 Å². The zero-order valence-corrected chi connectivity index (χ0v) is 15.4. The van der Waals surface area contributed by atoms with Crippen molar-refractivity contribution in [3.63, 3.8) is 0 Å². The third-order valence-electron chi connectivity index (χ3n) is 5.07. The standard InChI is InChI=1S/C21H19N3O3/c1-11-6-12(2)8-15(7-11)24-20-18(13(3)23-24)19(22-21(20)25)14-4-5-16-17(9-14)27-10-26-16/h4-9,19H,10H2,1-3H3,(H,22,25). The van der Waals surface area contributed by atoms with Crippen molar-refractivity contribution >= 4 is 5.91 Å². The summed E-state index contributed by atoms with van der Waals surface area (Å²) in [4.78, 5) is 12.8. The summed E-state index contributed by atoms with van der Waals surface area (Å²) in [5.74, 6) is 1.31. The SMILES string of the molecule is Cc1cc(C)cc(-n2nc(C)c3c2C(=O)NC3c2ccc3c(c2)OCO3)c1. The molecular formula is C21H19N3O3. The predicted molar refractivity (Wildman–Crippen MR) is 99.6 cm³/mol. The second-order valence-electron chi connectivity index (χ2n) is 7.12. The van der Waals surface area contributed by atoms with Crippen molar-refractivity contribution in [2.45, 2.75) is 26.8 Å². The maximum atomic E-state index is 12.8. The molecule has 0 radical (unpaired) electrons. The molecule has 0 fully saturated rings. The van der Waals surface area contributed by atoms with Gasteiger partial charge < -0.3 is 14.8 Å². The Kier molecular flexibility index (Phi) is 3.31. The average Bonchev–Trinajstić information content (AvgIpc) is 3.30. The van der Waals surface area contributed by atoms with Crippen LogP contribution in [-0.4, -0.2) is 22.5 Å². The van der Waals surface area contributed by atoms with Crippen LogP contribution in [0.3, 0.4) is 0 Å². The van der Waals surface area contributed by atoms with Gasteiger partial charge in [0.1, 0.15) is 5.69 Å². The lowest BCUT2D eigenvalue weighted by Crippen LogP contribution is -2.22. The molecule has 3 aromatic rings. The Bertz CT molecular complexity index is 1080. The van der Waals surface area contributed by atoms with E-state index in [-0.39, 0.29) is 18.7 Å². The molecular weight excluding hydrogens is 342 g/mol. The van der Waals surface area contributed by atoms with Gasteiger partial charge in [-0.3, -0.25) is 4.79 Å². The Balaban J connectivity index is 1.64. The predicted octanol–water partition coefficient (Wildman–Crippen LogP) is 3.36. The zero-order chi connectivity index (χ0) is 18.7. The van der Waals surface area contributed by atoms with E-state index in [1.807, 2.05) is 51.1 Å². The summed E-state index contributed by atoms with van der Waals surface area (Å²) in [6.07, 6.45) is 0. The molecule has 3 heterocycles. The van der Waals surface area contributed by atoms with Gasteiger partial charge in [-0.1, -0.05) is 12.1 Å². The van der Waals surface area contributed by atoms with Crippen LogP contribution in [0.2, 0.25) is 0 Å². The minimum absolute atomic E-state index is 0.118. The third-order valence-corrected chi connectivity index (χ3v) is 5.07. The molecule has 1 amide bonds. The number of benzene rings is 2. The smallest absolute Gasteiger partial charge is 0.271 e. The van der Waals surface area contributed by atoms with Crippen LogP contribution in [0.1, 0.15) is 44.5 Å². The second kappa shape index (κ2) is 5.61. The fourth-order valence-corrected chi connectivity index (χ4v) is 3.98. The highest BCUT2D eigenvalue weighted by molar-refractivity contribution is 5.99. The Morgan fingerprint density at radius 2 is 1.78 bits per heavy atom. The van der Waals surface area contributed by atoms with Crippen LogP contribution in [0.5, 0.6) is 11.5 Å². The van der Waals surface area contributed by atoms with Gasteiger partial charge in [-0.05, 0) is 61.7 Å². The summed E-state index contributed by atoms with van der Waals surface area (Å²) in [5.41, 5.74) is 6.48. The van der Waals surface area contributed by atoms with E-state index in [0.717, 1.165) is 39.4 Å². The van der Waals surface area contributed by atoms with Crippen molar-refractivity contribution in [1.82, 2.24) is 15.1 Å². The Morgan fingerprint density at radius 1 is 1.04 bits per heavy atom. The molecule has 136 valence electrons. The molecule has 1 unspecified atom stereocenters. The van der Waals surface area contributed by atoms with E-state index >= 15 is 0 Å². The number of carbonyl (C=O) groups excluding carboxylic acids is 1. The molecule has 1 aromatic heterocycles. The van der Waals surface area contributed by atoms with E-state index in [1.54, 1.807) is 4.68 Å². The normalized spacial score (nSPS) is 17.1. The lowest BCUT2D eigenvalue weighted by Gasteiger charge is -2.12. The number of nitrogens with zero attached hydrogens (tertiary/aromatic N) is 2. The van der Waals surface area contributed by atoms with Crippen LogP contribution >= 0.6 is 0 Å². The molecule has 0 saturated heterocycles. The summed E-state index contributed by atoms with van der Waals surface area (Å²) in [6, 6.07) is 11.7. The number of rotatable bonds is 2. The van der Waals surface area contributed by atoms with Crippen LogP contribution in [0, 0.1) is 20.8 Å². The molecule has 0 bridgehead atoms. The van der Waals surface area contributed by atoms with E-state index in [4.69, 9.17) is 9.47 Å². The summed E-state index contributed by atoms with van der Waals surface area (Å²) in [5, 5.41) is 7.77. The van der Waals surface area contributed by atoms with Crippen LogP contribution in [-0.2, 0) is 0 Å². The Morgan fingerprint density at radius 3 is 2.56 bits per heavy atom. The quantitative estimate of drug-likeness (QED) is 0.760. The molecule has 6 heteroatoms. The van der Waals surface area contributed by atoms with Crippen molar-refractivity contribution < 1.29 is 14.3 Å². The first-order chi connectivity index (χ1) is 13.0. The van der Waals surface area contributed by atoms with Gasteiger partial charge in [0.15, 0.2) is 11.5 Å². The van der Waals surface area contributed by atoms with Crippen molar-refractivity contribution in [1.29, 1.82) is 0 Å². The van der Waals surface area contributed by atoms with E-state index in [0.29, 0.717) is 11.4 Å². The van der Waals surface area contributed by atoms with Crippen LogP contribution in [0.15, 0.2) is 36.4 Å². The van der Waals surface area contributed by atoms with Crippen molar-refractivity contribution in [2.75, 3.05) is 6.79 Å².